The molecule has 0 fully saturated rings. The van der Waals surface area contributed by atoms with Gasteiger partial charge in [-0.3, -0.25) is 9.78 Å². The molecular formula is C21H19N3O5. The van der Waals surface area contributed by atoms with Gasteiger partial charge in [0.15, 0.2) is 11.5 Å². The lowest BCUT2D eigenvalue weighted by molar-refractivity contribution is 0.0692. The van der Waals surface area contributed by atoms with Crippen LogP contribution in [0.5, 0.6) is 11.5 Å². The zero-order chi connectivity index (χ0) is 21.0. The van der Waals surface area contributed by atoms with Gasteiger partial charge >= 0.3 is 5.97 Å². The summed E-state index contributed by atoms with van der Waals surface area (Å²) in [6, 6.07) is 12.1. The van der Waals surface area contributed by atoms with Crippen LogP contribution in [-0.2, 0) is 0 Å². The minimum absolute atomic E-state index is 0.0750. The Labute approximate surface area is 166 Å². The van der Waals surface area contributed by atoms with Crippen molar-refractivity contribution in [2.75, 3.05) is 14.2 Å². The molecule has 8 nitrogen and oxygen atoms in total. The summed E-state index contributed by atoms with van der Waals surface area (Å²) in [6.45, 7) is 1.80. The number of aromatic carboxylic acids is 1. The second-order valence-corrected chi connectivity index (χ2v) is 6.10. The molecule has 2 aromatic carbocycles. The van der Waals surface area contributed by atoms with Gasteiger partial charge in [-0.1, -0.05) is 18.2 Å². The molecule has 0 bridgehead atoms. The number of benzene rings is 2. The fraction of sp³-hybridized carbons (Fsp3) is 0.143. The van der Waals surface area contributed by atoms with Crippen LogP contribution in [0, 0.1) is 6.92 Å². The SMILES string of the molecule is COc1ccc(/C=N/NC(=O)c2cc(C)nc3ccccc23)c(C(=O)O)c1OC. The van der Waals surface area contributed by atoms with Crippen LogP contribution in [0.3, 0.4) is 0 Å². The number of carbonyl (C=O) groups excluding carboxylic acids is 1. The smallest absolute Gasteiger partial charge is 0.340 e. The molecule has 0 atom stereocenters. The molecule has 0 radical (unpaired) electrons. The summed E-state index contributed by atoms with van der Waals surface area (Å²) in [5, 5.41) is 14.2. The number of carboxylic acids is 1. The monoisotopic (exact) mass is 393 g/mol. The molecule has 1 aromatic heterocycles. The number of ether oxygens (including phenoxy) is 2. The van der Waals surface area contributed by atoms with E-state index in [9.17, 15) is 14.7 Å². The number of nitrogens with zero attached hydrogens (tertiary/aromatic N) is 2. The fourth-order valence-electron chi connectivity index (χ4n) is 2.99. The van der Waals surface area contributed by atoms with Gasteiger partial charge in [0.1, 0.15) is 5.56 Å². The van der Waals surface area contributed by atoms with Crippen LogP contribution in [-0.4, -0.2) is 42.4 Å². The highest BCUT2D eigenvalue weighted by atomic mass is 16.5. The minimum atomic E-state index is -1.20. The largest absolute Gasteiger partial charge is 0.493 e. The maximum absolute atomic E-state index is 12.6. The third-order valence-electron chi connectivity index (χ3n) is 4.25. The van der Waals surface area contributed by atoms with Crippen molar-refractivity contribution in [1.29, 1.82) is 0 Å². The van der Waals surface area contributed by atoms with Crippen molar-refractivity contribution < 1.29 is 24.2 Å². The van der Waals surface area contributed by atoms with Gasteiger partial charge in [-0.25, -0.2) is 10.2 Å². The summed E-state index contributed by atoms with van der Waals surface area (Å²) >= 11 is 0. The van der Waals surface area contributed by atoms with Crippen LogP contribution in [0.1, 0.15) is 32.0 Å². The van der Waals surface area contributed by atoms with Crippen molar-refractivity contribution in [3.8, 4) is 11.5 Å². The molecule has 0 saturated heterocycles. The summed E-state index contributed by atoms with van der Waals surface area (Å²) in [7, 11) is 2.77. The molecule has 1 amide bonds. The second kappa shape index (κ2) is 8.39. The minimum Gasteiger partial charge on any atom is -0.493 e. The number of hydrogen-bond acceptors (Lipinski definition) is 6. The normalized spacial score (nSPS) is 10.9. The zero-order valence-electron chi connectivity index (χ0n) is 16.1. The maximum Gasteiger partial charge on any atom is 0.340 e. The van der Waals surface area contributed by atoms with Crippen LogP contribution in [0.25, 0.3) is 10.9 Å². The summed E-state index contributed by atoms with van der Waals surface area (Å²) < 4.78 is 10.3. The number of aromatic nitrogens is 1. The third kappa shape index (κ3) is 4.01. The highest BCUT2D eigenvalue weighted by molar-refractivity contribution is 6.07. The second-order valence-electron chi connectivity index (χ2n) is 6.10. The molecule has 3 rings (SSSR count). The van der Waals surface area contributed by atoms with E-state index < -0.39 is 11.9 Å². The molecule has 0 aliphatic heterocycles. The van der Waals surface area contributed by atoms with Gasteiger partial charge in [0.2, 0.25) is 0 Å². The number of carbonyl (C=O) groups is 2. The number of methoxy groups -OCH3 is 2. The van der Waals surface area contributed by atoms with E-state index in [0.29, 0.717) is 22.2 Å². The molecule has 0 aliphatic carbocycles. The average molecular weight is 393 g/mol. The molecule has 1 heterocycles. The van der Waals surface area contributed by atoms with Crippen molar-refractivity contribution in [3.05, 3.63) is 64.8 Å². The van der Waals surface area contributed by atoms with E-state index in [1.807, 2.05) is 18.2 Å². The van der Waals surface area contributed by atoms with Gasteiger partial charge in [0, 0.05) is 16.6 Å². The van der Waals surface area contributed by atoms with Gasteiger partial charge in [0.25, 0.3) is 5.91 Å². The number of hydrazone groups is 1. The Kier molecular flexibility index (Phi) is 5.73. The quantitative estimate of drug-likeness (QED) is 0.492. The summed E-state index contributed by atoms with van der Waals surface area (Å²) in [6.07, 6.45) is 1.25. The van der Waals surface area contributed by atoms with E-state index in [1.54, 1.807) is 25.1 Å². The van der Waals surface area contributed by atoms with Crippen molar-refractivity contribution >= 4 is 29.0 Å². The highest BCUT2D eigenvalue weighted by Gasteiger charge is 2.20. The Bertz CT molecular complexity index is 1120. The number of pyridine rings is 1. The fourth-order valence-corrected chi connectivity index (χ4v) is 2.99. The molecule has 2 N–H and O–H groups in total. The molecule has 0 spiro atoms. The molecule has 0 aliphatic rings. The van der Waals surface area contributed by atoms with Gasteiger partial charge in [-0.05, 0) is 31.2 Å². The summed E-state index contributed by atoms with van der Waals surface area (Å²) in [4.78, 5) is 28.7. The molecular weight excluding hydrogens is 374 g/mol. The lowest BCUT2D eigenvalue weighted by Gasteiger charge is -2.12. The average Bonchev–Trinajstić information content (AvgIpc) is 2.72. The topological polar surface area (TPSA) is 110 Å². The van der Waals surface area contributed by atoms with Gasteiger partial charge in [0.05, 0.1) is 31.5 Å². The molecule has 0 unspecified atom stereocenters. The van der Waals surface area contributed by atoms with Gasteiger partial charge in [-0.2, -0.15) is 5.10 Å². The highest BCUT2D eigenvalue weighted by Crippen LogP contribution is 2.32. The molecule has 29 heavy (non-hydrogen) atoms. The Morgan fingerprint density at radius 1 is 1.14 bits per heavy atom. The number of nitrogens with one attached hydrogen (secondary N) is 1. The van der Waals surface area contributed by atoms with Gasteiger partial charge in [-0.15, -0.1) is 0 Å². The van der Waals surface area contributed by atoms with Crippen LogP contribution >= 0.6 is 0 Å². The molecule has 0 saturated carbocycles. The first-order chi connectivity index (χ1) is 14.0. The predicted octanol–water partition coefficient (Wildman–Crippen LogP) is 3.02. The van der Waals surface area contributed by atoms with E-state index in [2.05, 4.69) is 15.5 Å². The lowest BCUT2D eigenvalue weighted by Crippen LogP contribution is -2.19. The van der Waals surface area contributed by atoms with Crippen molar-refractivity contribution in [2.45, 2.75) is 6.92 Å². The van der Waals surface area contributed by atoms with E-state index in [0.717, 1.165) is 0 Å². The number of amides is 1. The number of para-hydroxylation sites is 1. The third-order valence-corrected chi connectivity index (χ3v) is 4.25. The maximum atomic E-state index is 12.6. The van der Waals surface area contributed by atoms with E-state index in [-0.39, 0.29) is 22.6 Å². The Morgan fingerprint density at radius 3 is 2.59 bits per heavy atom. The Balaban J connectivity index is 1.91. The Hall–Kier alpha value is -3.94. The van der Waals surface area contributed by atoms with E-state index in [4.69, 9.17) is 9.47 Å². The first kappa shape index (κ1) is 19.8. The first-order valence-electron chi connectivity index (χ1n) is 8.64. The zero-order valence-corrected chi connectivity index (χ0v) is 16.1. The molecule has 148 valence electrons. The molecule has 8 heteroatoms. The Morgan fingerprint density at radius 2 is 1.90 bits per heavy atom. The molecule has 3 aromatic rings. The number of rotatable bonds is 6. The van der Waals surface area contributed by atoms with Crippen LogP contribution in [0.4, 0.5) is 0 Å². The standard InChI is InChI=1S/C21H19N3O5/c1-12-10-15(14-6-4-5-7-16(14)23-12)20(25)24-22-11-13-8-9-17(28-2)19(29-3)18(13)21(26)27/h4-11H,1-3H3,(H,24,25)(H,26,27)/b22-11+. The number of hydrogen-bond donors (Lipinski definition) is 2. The van der Waals surface area contributed by atoms with Gasteiger partial charge < -0.3 is 14.6 Å². The summed E-state index contributed by atoms with van der Waals surface area (Å²) in [5.41, 5.74) is 4.41. The van der Waals surface area contributed by atoms with Crippen molar-refractivity contribution in [3.63, 3.8) is 0 Å². The van der Waals surface area contributed by atoms with Crippen LogP contribution in [0.15, 0.2) is 47.6 Å². The predicted molar refractivity (Wildman–Crippen MR) is 108 cm³/mol. The van der Waals surface area contributed by atoms with Crippen LogP contribution < -0.4 is 14.9 Å². The number of fused-ring (bicyclic) bond motifs is 1. The number of aryl methyl sites for hydroxylation is 1. The first-order valence-corrected chi connectivity index (χ1v) is 8.64. The lowest BCUT2D eigenvalue weighted by atomic mass is 10.1. The van der Waals surface area contributed by atoms with Crippen LogP contribution in [0.2, 0.25) is 0 Å². The van der Waals surface area contributed by atoms with E-state index >= 15 is 0 Å². The number of carboxylic acid groups (broad SMARTS) is 1. The van der Waals surface area contributed by atoms with Crippen molar-refractivity contribution in [2.24, 2.45) is 5.10 Å². The van der Waals surface area contributed by atoms with Crippen molar-refractivity contribution in [1.82, 2.24) is 10.4 Å². The summed E-state index contributed by atoms with van der Waals surface area (Å²) in [5.74, 6) is -1.28. The van der Waals surface area contributed by atoms with E-state index in [1.165, 1.54) is 26.5 Å².